The lowest BCUT2D eigenvalue weighted by Crippen LogP contribution is -2.41. The Morgan fingerprint density at radius 1 is 1.23 bits per heavy atom. The highest BCUT2D eigenvalue weighted by molar-refractivity contribution is 5.89. The van der Waals surface area contributed by atoms with Crippen molar-refractivity contribution in [3.63, 3.8) is 0 Å². The number of nitrogens with zero attached hydrogens (tertiary/aromatic N) is 3. The number of carbonyl (C=O) groups excluding carboxylic acids is 1. The van der Waals surface area contributed by atoms with Crippen molar-refractivity contribution in [3.8, 4) is 17.1 Å². The molecule has 1 unspecified atom stereocenters. The molecule has 2 amide bonds. The van der Waals surface area contributed by atoms with Crippen LogP contribution in [0.1, 0.15) is 43.7 Å². The van der Waals surface area contributed by atoms with Gasteiger partial charge < -0.3 is 19.5 Å². The van der Waals surface area contributed by atoms with Gasteiger partial charge in [0.15, 0.2) is 0 Å². The van der Waals surface area contributed by atoms with Crippen LogP contribution < -0.4 is 10.1 Å². The van der Waals surface area contributed by atoms with Crippen LogP contribution >= 0.6 is 0 Å². The van der Waals surface area contributed by atoms with Crippen molar-refractivity contribution in [3.05, 3.63) is 60.0 Å². The molecule has 2 heterocycles. The van der Waals surface area contributed by atoms with Gasteiger partial charge in [0.05, 0.1) is 6.61 Å². The molecule has 7 nitrogen and oxygen atoms in total. The second-order valence-corrected chi connectivity index (χ2v) is 7.37. The Labute approximate surface area is 176 Å². The van der Waals surface area contributed by atoms with Gasteiger partial charge in [0.2, 0.25) is 11.7 Å². The number of nitrogens with one attached hydrogen (secondary N) is 1. The van der Waals surface area contributed by atoms with E-state index < -0.39 is 0 Å². The minimum atomic E-state index is -0.229. The molecule has 30 heavy (non-hydrogen) atoms. The zero-order chi connectivity index (χ0) is 20.9. The van der Waals surface area contributed by atoms with Crippen LogP contribution in [0.15, 0.2) is 53.1 Å². The average Bonchev–Trinajstić information content (AvgIpc) is 3.26. The summed E-state index contributed by atoms with van der Waals surface area (Å²) in [6, 6.07) is 15.0. The molecule has 1 atom stereocenters. The van der Waals surface area contributed by atoms with Gasteiger partial charge in [-0.1, -0.05) is 35.5 Å². The Morgan fingerprint density at radius 3 is 2.83 bits per heavy atom. The number of aryl methyl sites for hydroxylation is 1. The first-order chi connectivity index (χ1) is 14.7. The first kappa shape index (κ1) is 19.9. The van der Waals surface area contributed by atoms with E-state index in [0.29, 0.717) is 24.9 Å². The molecule has 4 rings (SSSR count). The van der Waals surface area contributed by atoms with E-state index >= 15 is 0 Å². The van der Waals surface area contributed by atoms with E-state index in [1.54, 1.807) is 4.90 Å². The quantitative estimate of drug-likeness (QED) is 0.630. The van der Waals surface area contributed by atoms with Crippen LogP contribution in [0.5, 0.6) is 5.75 Å². The summed E-state index contributed by atoms with van der Waals surface area (Å²) in [5, 5.41) is 7.12. The number of carbonyl (C=O) groups is 1. The molecule has 0 radical (unpaired) electrons. The number of piperidine rings is 1. The number of aromatic nitrogens is 2. The molecule has 1 fully saturated rings. The van der Waals surface area contributed by atoms with E-state index in [4.69, 9.17) is 9.26 Å². The fourth-order valence-electron chi connectivity index (χ4n) is 3.75. The fourth-order valence-corrected chi connectivity index (χ4v) is 3.75. The van der Waals surface area contributed by atoms with E-state index in [1.807, 2.05) is 62.4 Å². The molecule has 2 aromatic carbocycles. The van der Waals surface area contributed by atoms with Crippen LogP contribution in [-0.2, 0) is 0 Å². The molecule has 1 aromatic heterocycles. The van der Waals surface area contributed by atoms with Gasteiger partial charge in [-0.3, -0.25) is 0 Å². The lowest BCUT2D eigenvalue weighted by Gasteiger charge is -2.33. The number of benzene rings is 2. The van der Waals surface area contributed by atoms with Crippen LogP contribution in [0.25, 0.3) is 11.4 Å². The van der Waals surface area contributed by atoms with Crippen LogP contribution in [0, 0.1) is 6.92 Å². The standard InChI is InChI=1S/C23H26N4O3/c1-3-29-20-13-12-18(15-16(20)2)24-23(28)27-14-8-7-11-19(27)22-25-21(26-30-22)17-9-5-4-6-10-17/h4-6,9-10,12-13,15,19H,3,7-8,11,14H2,1-2H3,(H,24,28). The highest BCUT2D eigenvalue weighted by Crippen LogP contribution is 2.32. The summed E-state index contributed by atoms with van der Waals surface area (Å²) in [7, 11) is 0. The Morgan fingerprint density at radius 2 is 2.07 bits per heavy atom. The summed E-state index contributed by atoms with van der Waals surface area (Å²) in [5.74, 6) is 1.84. The number of hydrogen-bond donors (Lipinski definition) is 1. The summed E-state index contributed by atoms with van der Waals surface area (Å²) in [5.41, 5.74) is 2.61. The third kappa shape index (κ3) is 4.30. The van der Waals surface area contributed by atoms with Crippen molar-refractivity contribution < 1.29 is 14.1 Å². The summed E-state index contributed by atoms with van der Waals surface area (Å²) in [6.45, 7) is 5.17. The Hall–Kier alpha value is -3.35. The first-order valence-corrected chi connectivity index (χ1v) is 10.4. The molecule has 156 valence electrons. The van der Waals surface area contributed by atoms with E-state index in [2.05, 4.69) is 15.5 Å². The lowest BCUT2D eigenvalue weighted by molar-refractivity contribution is 0.142. The number of likely N-dealkylation sites (tertiary alicyclic amines) is 1. The number of rotatable bonds is 5. The van der Waals surface area contributed by atoms with Gasteiger partial charge in [0.1, 0.15) is 11.8 Å². The Bertz CT molecular complexity index is 1000. The zero-order valence-electron chi connectivity index (χ0n) is 17.3. The van der Waals surface area contributed by atoms with Crippen LogP contribution in [-0.4, -0.2) is 34.2 Å². The molecule has 1 saturated heterocycles. The predicted octanol–water partition coefficient (Wildman–Crippen LogP) is 5.20. The summed E-state index contributed by atoms with van der Waals surface area (Å²) in [6.07, 6.45) is 2.76. The molecule has 1 N–H and O–H groups in total. The maximum atomic E-state index is 13.0. The van der Waals surface area contributed by atoms with Crippen molar-refractivity contribution in [1.29, 1.82) is 0 Å². The van der Waals surface area contributed by atoms with Crippen molar-refractivity contribution in [1.82, 2.24) is 15.0 Å². The molecule has 0 saturated carbocycles. The normalized spacial score (nSPS) is 16.3. The smallest absolute Gasteiger partial charge is 0.322 e. The molecule has 7 heteroatoms. The summed E-state index contributed by atoms with van der Waals surface area (Å²) in [4.78, 5) is 19.4. The van der Waals surface area contributed by atoms with Crippen molar-refractivity contribution in [2.24, 2.45) is 0 Å². The average molecular weight is 406 g/mol. The largest absolute Gasteiger partial charge is 0.494 e. The number of anilines is 1. The molecule has 0 bridgehead atoms. The van der Waals surface area contributed by atoms with Gasteiger partial charge in [0, 0.05) is 17.8 Å². The van der Waals surface area contributed by atoms with Gasteiger partial charge in [-0.05, 0) is 56.9 Å². The molecule has 1 aliphatic heterocycles. The molecular formula is C23H26N4O3. The van der Waals surface area contributed by atoms with Crippen LogP contribution in [0.3, 0.4) is 0 Å². The summed E-state index contributed by atoms with van der Waals surface area (Å²) >= 11 is 0. The molecule has 3 aromatic rings. The van der Waals surface area contributed by atoms with Gasteiger partial charge in [-0.2, -0.15) is 4.98 Å². The van der Waals surface area contributed by atoms with Crippen molar-refractivity contribution >= 4 is 11.7 Å². The van der Waals surface area contributed by atoms with Crippen molar-refractivity contribution in [2.75, 3.05) is 18.5 Å². The molecule has 0 aliphatic carbocycles. The maximum Gasteiger partial charge on any atom is 0.322 e. The monoisotopic (exact) mass is 406 g/mol. The Balaban J connectivity index is 1.50. The van der Waals surface area contributed by atoms with Gasteiger partial charge in [-0.25, -0.2) is 4.79 Å². The van der Waals surface area contributed by atoms with Crippen molar-refractivity contribution in [2.45, 2.75) is 39.2 Å². The number of ether oxygens (including phenoxy) is 1. The van der Waals surface area contributed by atoms with E-state index in [0.717, 1.165) is 41.8 Å². The van der Waals surface area contributed by atoms with Crippen LogP contribution in [0.4, 0.5) is 10.5 Å². The minimum absolute atomic E-state index is 0.164. The van der Waals surface area contributed by atoms with E-state index in [-0.39, 0.29) is 12.1 Å². The second kappa shape index (κ2) is 8.98. The van der Waals surface area contributed by atoms with Gasteiger partial charge in [0.25, 0.3) is 0 Å². The Kier molecular flexibility index (Phi) is 5.97. The molecule has 1 aliphatic rings. The molecular weight excluding hydrogens is 380 g/mol. The number of hydrogen-bond acceptors (Lipinski definition) is 5. The molecule has 0 spiro atoms. The van der Waals surface area contributed by atoms with Gasteiger partial charge >= 0.3 is 6.03 Å². The number of urea groups is 1. The SMILES string of the molecule is CCOc1ccc(NC(=O)N2CCCCC2c2nc(-c3ccccc3)no2)cc1C. The first-order valence-electron chi connectivity index (χ1n) is 10.4. The maximum absolute atomic E-state index is 13.0. The fraction of sp³-hybridized carbons (Fsp3) is 0.348. The highest BCUT2D eigenvalue weighted by atomic mass is 16.5. The summed E-state index contributed by atoms with van der Waals surface area (Å²) < 4.78 is 11.1. The zero-order valence-corrected chi connectivity index (χ0v) is 17.3. The van der Waals surface area contributed by atoms with Gasteiger partial charge in [-0.15, -0.1) is 0 Å². The lowest BCUT2D eigenvalue weighted by atomic mass is 10.0. The number of amides is 2. The van der Waals surface area contributed by atoms with Crippen LogP contribution in [0.2, 0.25) is 0 Å². The second-order valence-electron chi connectivity index (χ2n) is 7.37. The minimum Gasteiger partial charge on any atom is -0.494 e. The van der Waals surface area contributed by atoms with E-state index in [9.17, 15) is 4.79 Å². The third-order valence-electron chi connectivity index (χ3n) is 5.25. The predicted molar refractivity (Wildman–Crippen MR) is 114 cm³/mol. The van der Waals surface area contributed by atoms with E-state index in [1.165, 1.54) is 0 Å². The topological polar surface area (TPSA) is 80.5 Å². The highest BCUT2D eigenvalue weighted by Gasteiger charge is 2.32. The third-order valence-corrected chi connectivity index (χ3v) is 5.25.